The number of hydrazone groups is 1. The van der Waals surface area contributed by atoms with Crippen LogP contribution in [0.5, 0.6) is 0 Å². The third kappa shape index (κ3) is 2.70. The molecule has 22 heavy (non-hydrogen) atoms. The molecule has 2 heterocycles. The van der Waals surface area contributed by atoms with Gasteiger partial charge in [0.1, 0.15) is 6.04 Å². The Morgan fingerprint density at radius 1 is 1.59 bits per heavy atom. The summed E-state index contributed by atoms with van der Waals surface area (Å²) >= 11 is 5.71. The molecule has 0 saturated carbocycles. The zero-order chi connectivity index (χ0) is 16.7. The zero-order valence-electron chi connectivity index (χ0n) is 11.8. The van der Waals surface area contributed by atoms with Gasteiger partial charge in [0.15, 0.2) is 0 Å². The number of aromatic nitrogens is 2. The lowest BCUT2D eigenvalue weighted by Gasteiger charge is -2.34. The number of nitrogens with zero attached hydrogens (tertiary/aromatic N) is 4. The van der Waals surface area contributed by atoms with Crippen molar-refractivity contribution < 1.29 is 23.1 Å². The molecule has 1 aromatic heterocycles. The lowest BCUT2D eigenvalue weighted by molar-refractivity contribution is -0.303. The van der Waals surface area contributed by atoms with Gasteiger partial charge in [-0.25, -0.2) is 0 Å². The molecule has 2 atom stereocenters. The Labute approximate surface area is 129 Å². The van der Waals surface area contributed by atoms with Gasteiger partial charge in [-0.15, -0.1) is 0 Å². The summed E-state index contributed by atoms with van der Waals surface area (Å²) in [4.78, 5) is 12.4. The highest BCUT2D eigenvalue weighted by atomic mass is 35.5. The van der Waals surface area contributed by atoms with Crippen molar-refractivity contribution in [2.24, 2.45) is 5.10 Å². The topological polar surface area (TPSA) is 70.7 Å². The van der Waals surface area contributed by atoms with Gasteiger partial charge in [0.05, 0.1) is 11.2 Å². The summed E-state index contributed by atoms with van der Waals surface area (Å²) in [5, 5.41) is 17.7. The summed E-state index contributed by atoms with van der Waals surface area (Å²) in [5.74, 6) is -1.00. The van der Waals surface area contributed by atoms with Crippen LogP contribution in [-0.2, 0) is 4.79 Å². The molecule has 10 heteroatoms. The fraction of sp³-hybridized carbons (Fsp3) is 0.583. The molecule has 1 aliphatic heterocycles. The lowest BCUT2D eigenvalue weighted by Crippen LogP contribution is -2.57. The second kappa shape index (κ2) is 5.54. The minimum Gasteiger partial charge on any atom is -0.362 e. The molecule has 122 valence electrons. The number of hydrogen-bond donors (Lipinski definition) is 1. The van der Waals surface area contributed by atoms with Crippen LogP contribution < -0.4 is 0 Å². The van der Waals surface area contributed by atoms with E-state index in [1.807, 2.05) is 0 Å². The first-order chi connectivity index (χ1) is 10.1. The van der Waals surface area contributed by atoms with Crippen molar-refractivity contribution in [1.82, 2.24) is 14.8 Å². The Bertz CT molecular complexity index is 616. The smallest absolute Gasteiger partial charge is 0.362 e. The molecule has 6 nitrogen and oxygen atoms in total. The second-order valence-corrected chi connectivity index (χ2v) is 5.48. The first-order valence-electron chi connectivity index (χ1n) is 6.47. The molecule has 0 saturated heterocycles. The summed E-state index contributed by atoms with van der Waals surface area (Å²) in [5.41, 5.74) is -3.32. The summed E-state index contributed by atoms with van der Waals surface area (Å²) in [6.45, 7) is 2.92. The normalized spacial score (nSPS) is 23.6. The van der Waals surface area contributed by atoms with Gasteiger partial charge in [-0.3, -0.25) is 9.48 Å². The fourth-order valence-electron chi connectivity index (χ4n) is 2.27. The molecular weight excluding hydrogens is 325 g/mol. The summed E-state index contributed by atoms with van der Waals surface area (Å²) < 4.78 is 40.6. The van der Waals surface area contributed by atoms with E-state index < -0.39 is 30.3 Å². The molecule has 0 fully saturated rings. The van der Waals surface area contributed by atoms with E-state index in [0.29, 0.717) is 0 Å². The molecule has 1 aliphatic rings. The van der Waals surface area contributed by atoms with Gasteiger partial charge in [0, 0.05) is 18.3 Å². The number of alkyl halides is 3. The van der Waals surface area contributed by atoms with Crippen molar-refractivity contribution in [1.29, 1.82) is 0 Å². The third-order valence-electron chi connectivity index (χ3n) is 3.35. The highest BCUT2D eigenvalue weighted by Gasteiger charge is 2.63. The van der Waals surface area contributed by atoms with Crippen molar-refractivity contribution in [3.8, 4) is 0 Å². The van der Waals surface area contributed by atoms with Gasteiger partial charge in [-0.2, -0.15) is 28.4 Å². The van der Waals surface area contributed by atoms with E-state index in [1.54, 1.807) is 6.92 Å². The van der Waals surface area contributed by atoms with Crippen LogP contribution in [0.25, 0.3) is 0 Å². The quantitative estimate of drug-likeness (QED) is 0.919. The van der Waals surface area contributed by atoms with Crippen LogP contribution in [0.1, 0.15) is 32.7 Å². The van der Waals surface area contributed by atoms with Crippen LogP contribution in [0.4, 0.5) is 13.2 Å². The largest absolute Gasteiger partial charge is 0.438 e. The van der Waals surface area contributed by atoms with Gasteiger partial charge in [-0.05, 0) is 13.3 Å². The fourth-order valence-corrected chi connectivity index (χ4v) is 2.42. The van der Waals surface area contributed by atoms with E-state index in [2.05, 4.69) is 10.2 Å². The first-order valence-corrected chi connectivity index (χ1v) is 6.85. The Hall–Kier alpha value is -1.61. The second-order valence-electron chi connectivity index (χ2n) is 5.04. The third-order valence-corrected chi connectivity index (χ3v) is 3.54. The van der Waals surface area contributed by atoms with Crippen LogP contribution in [0.15, 0.2) is 17.5 Å². The number of aliphatic hydroxyl groups is 1. The summed E-state index contributed by atoms with van der Waals surface area (Å²) in [6, 6.07) is -1.05. The first kappa shape index (κ1) is 16.8. The molecule has 1 N–H and O–H groups in total. The molecule has 0 spiro atoms. The van der Waals surface area contributed by atoms with Crippen molar-refractivity contribution in [2.75, 3.05) is 0 Å². The van der Waals surface area contributed by atoms with Gasteiger partial charge in [0.25, 0.3) is 11.6 Å². The zero-order valence-corrected chi connectivity index (χ0v) is 12.6. The van der Waals surface area contributed by atoms with Gasteiger partial charge in [-0.1, -0.05) is 18.5 Å². The van der Waals surface area contributed by atoms with Gasteiger partial charge in [0.2, 0.25) is 0 Å². The van der Waals surface area contributed by atoms with E-state index >= 15 is 0 Å². The molecule has 1 amide bonds. The monoisotopic (exact) mass is 338 g/mol. The number of carbonyl (C=O) groups excluding carboxylic acids is 1. The predicted octanol–water partition coefficient (Wildman–Crippen LogP) is 2.35. The summed E-state index contributed by atoms with van der Waals surface area (Å²) in [7, 11) is 0. The highest BCUT2D eigenvalue weighted by Crippen LogP contribution is 2.41. The van der Waals surface area contributed by atoms with E-state index in [4.69, 9.17) is 11.6 Å². The minimum absolute atomic E-state index is 0.0153. The Morgan fingerprint density at radius 2 is 2.23 bits per heavy atom. The van der Waals surface area contributed by atoms with Crippen LogP contribution in [-0.4, -0.2) is 43.4 Å². The van der Waals surface area contributed by atoms with Crippen LogP contribution in [0.2, 0.25) is 5.02 Å². The molecule has 0 unspecified atom stereocenters. The van der Waals surface area contributed by atoms with Crippen molar-refractivity contribution in [2.45, 2.75) is 44.6 Å². The summed E-state index contributed by atoms with van der Waals surface area (Å²) in [6.07, 6.45) is -3.04. The average Bonchev–Trinajstić information content (AvgIpc) is 2.94. The number of carbonyl (C=O) groups is 1. The van der Waals surface area contributed by atoms with Crippen molar-refractivity contribution in [3.63, 3.8) is 0 Å². The van der Waals surface area contributed by atoms with Crippen LogP contribution >= 0.6 is 11.6 Å². The van der Waals surface area contributed by atoms with Crippen LogP contribution in [0.3, 0.4) is 0 Å². The number of rotatable bonds is 3. The maximum absolute atomic E-state index is 13.1. The molecule has 0 bridgehead atoms. The highest BCUT2D eigenvalue weighted by molar-refractivity contribution is 6.30. The Morgan fingerprint density at radius 3 is 2.68 bits per heavy atom. The number of halogens is 4. The molecule has 1 aromatic rings. The van der Waals surface area contributed by atoms with Gasteiger partial charge < -0.3 is 5.11 Å². The molecular formula is C12H14ClF3N4O2. The van der Waals surface area contributed by atoms with Gasteiger partial charge >= 0.3 is 6.18 Å². The maximum Gasteiger partial charge on any atom is 0.438 e. The number of hydrogen-bond acceptors (Lipinski definition) is 4. The van der Waals surface area contributed by atoms with Crippen molar-refractivity contribution >= 4 is 23.2 Å². The minimum atomic E-state index is -5.02. The van der Waals surface area contributed by atoms with Crippen molar-refractivity contribution in [3.05, 3.63) is 17.4 Å². The molecule has 0 aliphatic carbocycles. The molecule has 0 radical (unpaired) electrons. The predicted molar refractivity (Wildman–Crippen MR) is 72.1 cm³/mol. The van der Waals surface area contributed by atoms with E-state index in [1.165, 1.54) is 19.3 Å². The lowest BCUT2D eigenvalue weighted by atomic mass is 10.1. The van der Waals surface area contributed by atoms with E-state index in [-0.39, 0.29) is 22.2 Å². The average molecular weight is 339 g/mol. The Kier molecular flexibility index (Phi) is 4.22. The number of amides is 1. The SMILES string of the molecule is CC[C@@H](C(=O)N1N=C(C)C[C@@]1(O)C(F)(F)F)n1cc(Cl)cn1. The van der Waals surface area contributed by atoms with Crippen LogP contribution in [0, 0.1) is 0 Å². The van der Waals surface area contributed by atoms with E-state index in [9.17, 15) is 23.1 Å². The standard InChI is InChI=1S/C12H14ClF3N4O2/c1-3-9(19-6-8(13)5-17-19)10(21)20-11(22,12(14,15)16)4-7(2)18-20/h5-6,9,22H,3-4H2,1-2H3/t9-,11+/m0/s1. The maximum atomic E-state index is 13.1. The molecule has 0 aromatic carbocycles. The molecule has 2 rings (SSSR count). The Balaban J connectivity index is 2.37. The van der Waals surface area contributed by atoms with E-state index in [0.717, 1.165) is 4.68 Å².